The Bertz CT molecular complexity index is 936. The molecule has 0 aromatic heterocycles. The summed E-state index contributed by atoms with van der Waals surface area (Å²) in [7, 11) is 0. The quantitative estimate of drug-likeness (QED) is 0.0362. The highest BCUT2D eigenvalue weighted by molar-refractivity contribution is 5.76. The summed E-state index contributed by atoms with van der Waals surface area (Å²) in [6.45, 7) is 4.25. The van der Waals surface area contributed by atoms with E-state index in [4.69, 9.17) is 0 Å². The number of unbranched alkanes of at least 4 members (excludes halogenated alkanes) is 42. The molecular formula is C58H113NO4. The lowest BCUT2D eigenvalue weighted by Gasteiger charge is -2.21. The van der Waals surface area contributed by atoms with Gasteiger partial charge in [0.15, 0.2) is 0 Å². The van der Waals surface area contributed by atoms with Crippen LogP contribution in [0.2, 0.25) is 0 Å². The fourth-order valence-electron chi connectivity index (χ4n) is 9.10. The van der Waals surface area contributed by atoms with Gasteiger partial charge in [-0.1, -0.05) is 289 Å². The maximum atomic E-state index is 12.5. The molecule has 0 saturated carbocycles. The van der Waals surface area contributed by atoms with Crippen molar-refractivity contribution in [3.63, 3.8) is 0 Å². The van der Waals surface area contributed by atoms with Crippen LogP contribution in [0.3, 0.4) is 0 Å². The molecule has 3 unspecified atom stereocenters. The van der Waals surface area contributed by atoms with Crippen LogP contribution >= 0.6 is 0 Å². The van der Waals surface area contributed by atoms with Gasteiger partial charge in [0.2, 0.25) is 5.91 Å². The van der Waals surface area contributed by atoms with Gasteiger partial charge in [-0.05, 0) is 44.9 Å². The highest BCUT2D eigenvalue weighted by atomic mass is 16.3. The molecule has 0 spiro atoms. The van der Waals surface area contributed by atoms with Gasteiger partial charge < -0.3 is 20.6 Å². The van der Waals surface area contributed by atoms with Crippen LogP contribution < -0.4 is 5.32 Å². The van der Waals surface area contributed by atoms with Crippen molar-refractivity contribution in [1.29, 1.82) is 0 Å². The first-order valence-corrected chi connectivity index (χ1v) is 28.6. The Morgan fingerprint density at radius 2 is 0.667 bits per heavy atom. The molecule has 0 aliphatic rings. The number of rotatable bonds is 53. The van der Waals surface area contributed by atoms with Crippen LogP contribution in [0.1, 0.15) is 316 Å². The van der Waals surface area contributed by atoms with Gasteiger partial charge in [0.05, 0.1) is 31.3 Å². The minimum absolute atomic E-state index is 0.0159. The predicted octanol–water partition coefficient (Wildman–Crippen LogP) is 17.7. The van der Waals surface area contributed by atoms with Crippen molar-refractivity contribution < 1.29 is 20.1 Å². The van der Waals surface area contributed by atoms with E-state index in [0.29, 0.717) is 6.42 Å². The van der Waals surface area contributed by atoms with E-state index in [1.807, 2.05) is 6.08 Å². The molecule has 0 rings (SSSR count). The van der Waals surface area contributed by atoms with Crippen molar-refractivity contribution in [2.75, 3.05) is 6.61 Å². The third kappa shape index (κ3) is 50.1. The Balaban J connectivity index is 3.55. The monoisotopic (exact) mass is 888 g/mol. The van der Waals surface area contributed by atoms with Crippen LogP contribution in [0.4, 0.5) is 0 Å². The van der Waals surface area contributed by atoms with Crippen molar-refractivity contribution >= 4 is 5.91 Å². The van der Waals surface area contributed by atoms with Crippen LogP contribution in [0.15, 0.2) is 24.3 Å². The predicted molar refractivity (Wildman–Crippen MR) is 278 cm³/mol. The van der Waals surface area contributed by atoms with Gasteiger partial charge in [0, 0.05) is 0 Å². The van der Waals surface area contributed by atoms with Gasteiger partial charge in [-0.15, -0.1) is 0 Å². The Kier molecular flexibility index (Phi) is 52.5. The van der Waals surface area contributed by atoms with E-state index in [-0.39, 0.29) is 18.9 Å². The fourth-order valence-corrected chi connectivity index (χ4v) is 9.10. The molecule has 5 heteroatoms. The summed E-state index contributed by atoms with van der Waals surface area (Å²) in [6.07, 6.45) is 68.0. The molecule has 4 N–H and O–H groups in total. The second kappa shape index (κ2) is 53.4. The Hall–Kier alpha value is -1.17. The molecule has 0 aromatic rings. The molecule has 5 nitrogen and oxygen atoms in total. The van der Waals surface area contributed by atoms with Crippen molar-refractivity contribution in [1.82, 2.24) is 5.32 Å². The van der Waals surface area contributed by atoms with Crippen molar-refractivity contribution in [3.05, 3.63) is 24.3 Å². The zero-order chi connectivity index (χ0) is 45.8. The first kappa shape index (κ1) is 61.8. The molecule has 0 aromatic carbocycles. The molecule has 3 atom stereocenters. The third-order valence-electron chi connectivity index (χ3n) is 13.5. The Morgan fingerprint density at radius 1 is 0.397 bits per heavy atom. The van der Waals surface area contributed by atoms with Gasteiger partial charge >= 0.3 is 0 Å². The average molecular weight is 889 g/mol. The van der Waals surface area contributed by atoms with Gasteiger partial charge in [0.1, 0.15) is 0 Å². The van der Waals surface area contributed by atoms with E-state index in [1.54, 1.807) is 6.08 Å². The smallest absolute Gasteiger partial charge is 0.222 e. The van der Waals surface area contributed by atoms with Crippen LogP contribution in [0.5, 0.6) is 0 Å². The fraction of sp³-hybridized carbons (Fsp3) is 0.914. The highest BCUT2D eigenvalue weighted by Crippen LogP contribution is 2.17. The minimum atomic E-state index is -0.928. The molecular weight excluding hydrogens is 775 g/mol. The summed E-state index contributed by atoms with van der Waals surface area (Å²) in [4.78, 5) is 12.5. The third-order valence-corrected chi connectivity index (χ3v) is 13.5. The number of aliphatic hydroxyl groups is 3. The second-order valence-corrected chi connectivity index (χ2v) is 19.9. The molecule has 0 fully saturated rings. The number of hydrogen-bond donors (Lipinski definition) is 4. The minimum Gasteiger partial charge on any atom is -0.394 e. The van der Waals surface area contributed by atoms with Crippen molar-refractivity contribution in [2.24, 2.45) is 0 Å². The second-order valence-electron chi connectivity index (χ2n) is 19.9. The molecule has 0 aliphatic carbocycles. The number of allylic oxidation sites excluding steroid dienone is 3. The number of carbonyl (C=O) groups excluding carboxylic acids is 1. The molecule has 63 heavy (non-hydrogen) atoms. The summed E-state index contributed by atoms with van der Waals surface area (Å²) < 4.78 is 0. The molecule has 0 bridgehead atoms. The summed E-state index contributed by atoms with van der Waals surface area (Å²) >= 11 is 0. The van der Waals surface area contributed by atoms with Crippen molar-refractivity contribution in [2.45, 2.75) is 334 Å². The van der Waals surface area contributed by atoms with Gasteiger partial charge in [0.25, 0.3) is 0 Å². The SMILES string of the molecule is CCCCCCCCCCCCCC/C=C\CCCCCCCCCCCCCC(O)CC(=O)NC(CO)C(O)/C=C/CCCCCCCCCCCCCCCCCCCCC. The van der Waals surface area contributed by atoms with E-state index in [1.165, 1.54) is 263 Å². The van der Waals surface area contributed by atoms with E-state index >= 15 is 0 Å². The van der Waals surface area contributed by atoms with Crippen LogP contribution in [0.25, 0.3) is 0 Å². The first-order valence-electron chi connectivity index (χ1n) is 28.6. The standard InChI is InChI=1S/C58H113NO4/c1-3-5-7-9-11-13-15-17-19-21-23-25-26-27-28-29-30-32-33-35-37-39-41-43-45-47-49-51-55(61)53-58(63)59-56(54-60)57(62)52-50-48-46-44-42-40-38-36-34-31-24-22-20-18-16-14-12-10-8-6-4-2/h27-28,50,52,55-57,60-62H,3-26,29-49,51,53-54H2,1-2H3,(H,59,63)/b28-27-,52-50+. The number of carbonyl (C=O) groups is 1. The topological polar surface area (TPSA) is 89.8 Å². The average Bonchev–Trinajstić information content (AvgIpc) is 3.28. The maximum absolute atomic E-state index is 12.5. The van der Waals surface area contributed by atoms with Crippen LogP contribution in [-0.2, 0) is 4.79 Å². The normalized spacial score (nSPS) is 13.4. The summed E-state index contributed by atoms with van der Waals surface area (Å²) in [5.74, 6) is -0.311. The summed E-state index contributed by atoms with van der Waals surface area (Å²) in [5.41, 5.74) is 0. The van der Waals surface area contributed by atoms with E-state index in [0.717, 1.165) is 25.7 Å². The number of aliphatic hydroxyl groups excluding tert-OH is 3. The molecule has 374 valence electrons. The van der Waals surface area contributed by atoms with E-state index in [2.05, 4.69) is 31.3 Å². The lowest BCUT2D eigenvalue weighted by atomic mass is 10.0. The molecule has 1 amide bonds. The molecule has 0 aliphatic heterocycles. The van der Waals surface area contributed by atoms with E-state index in [9.17, 15) is 20.1 Å². The first-order chi connectivity index (χ1) is 31.0. The van der Waals surface area contributed by atoms with Gasteiger partial charge in [-0.3, -0.25) is 4.79 Å². The van der Waals surface area contributed by atoms with Crippen molar-refractivity contribution in [3.8, 4) is 0 Å². The lowest BCUT2D eigenvalue weighted by molar-refractivity contribution is -0.124. The summed E-state index contributed by atoms with van der Waals surface area (Å²) in [6, 6.07) is -0.744. The number of amides is 1. The zero-order valence-electron chi connectivity index (χ0n) is 42.7. The Labute approximate surface area is 394 Å². The Morgan fingerprint density at radius 3 is 0.968 bits per heavy atom. The van der Waals surface area contributed by atoms with E-state index < -0.39 is 18.2 Å². The zero-order valence-corrected chi connectivity index (χ0v) is 42.7. The van der Waals surface area contributed by atoms with Gasteiger partial charge in [-0.25, -0.2) is 0 Å². The van der Waals surface area contributed by atoms with Crippen LogP contribution in [0, 0.1) is 0 Å². The largest absolute Gasteiger partial charge is 0.394 e. The highest BCUT2D eigenvalue weighted by Gasteiger charge is 2.20. The van der Waals surface area contributed by atoms with Crippen LogP contribution in [-0.4, -0.2) is 46.1 Å². The molecule has 0 radical (unpaired) electrons. The van der Waals surface area contributed by atoms with Gasteiger partial charge in [-0.2, -0.15) is 0 Å². The lowest BCUT2D eigenvalue weighted by Crippen LogP contribution is -2.45. The number of nitrogens with one attached hydrogen (secondary N) is 1. The molecule has 0 saturated heterocycles. The molecule has 0 heterocycles. The number of hydrogen-bond acceptors (Lipinski definition) is 4. The maximum Gasteiger partial charge on any atom is 0.222 e. The summed E-state index contributed by atoms with van der Waals surface area (Å²) in [5, 5.41) is 33.5.